The predicted octanol–water partition coefficient (Wildman–Crippen LogP) is 6.92. The first-order valence-corrected chi connectivity index (χ1v) is 12.2. The van der Waals surface area contributed by atoms with Gasteiger partial charge in [-0.1, -0.05) is 44.2 Å². The lowest BCUT2D eigenvalue weighted by molar-refractivity contribution is 0.0702. The molecule has 1 atom stereocenters. The Morgan fingerprint density at radius 3 is 2.41 bits per heavy atom. The van der Waals surface area contributed by atoms with Crippen molar-refractivity contribution in [1.82, 2.24) is 0 Å². The first-order chi connectivity index (χ1) is 17.7. The van der Waals surface area contributed by atoms with Crippen LogP contribution in [-0.2, 0) is 0 Å². The smallest absolute Gasteiger partial charge is 0.379 e. The van der Waals surface area contributed by atoms with Crippen molar-refractivity contribution in [2.45, 2.75) is 46.5 Å². The number of benzene rings is 3. The minimum Gasteiger partial charge on any atom is -0.449 e. The van der Waals surface area contributed by atoms with E-state index in [1.807, 2.05) is 45.0 Å². The monoisotopic (exact) mass is 492 g/mol. The molecule has 0 radical (unpaired) electrons. The van der Waals surface area contributed by atoms with Gasteiger partial charge in [-0.3, -0.25) is 0 Å². The highest BCUT2D eigenvalue weighted by Crippen LogP contribution is 2.43. The van der Waals surface area contributed by atoms with E-state index in [2.05, 4.69) is 32.0 Å². The van der Waals surface area contributed by atoms with E-state index < -0.39 is 5.97 Å². The number of ether oxygens (including phenoxy) is 2. The number of carbonyl (C=O) groups is 1. The van der Waals surface area contributed by atoms with Gasteiger partial charge in [0.1, 0.15) is 28.7 Å². The van der Waals surface area contributed by atoms with Gasteiger partial charge in [0.15, 0.2) is 0 Å². The molecule has 2 heterocycles. The van der Waals surface area contributed by atoms with Crippen LogP contribution in [0.4, 0.5) is 0 Å². The van der Waals surface area contributed by atoms with Gasteiger partial charge in [0.25, 0.3) is 0 Å². The maximum Gasteiger partial charge on any atom is 0.379 e. The molecule has 1 aliphatic rings. The summed E-state index contributed by atoms with van der Waals surface area (Å²) in [7, 11) is 0. The number of nitrogens with zero attached hydrogens (tertiary/aromatic N) is 1. The number of aryl methyl sites for hydroxylation is 3. The van der Waals surface area contributed by atoms with Gasteiger partial charge >= 0.3 is 5.97 Å². The SMILES string of the molecule is Cc1cc2oc(C(=O)Oc3ccc4c(c3)OC(N)=C(C#N)C4c3ccc(C(C)C)cc3)c(C)c2cc1C. The Labute approximate surface area is 215 Å². The van der Waals surface area contributed by atoms with Gasteiger partial charge in [0, 0.05) is 22.6 Å². The topological polar surface area (TPSA) is 98.5 Å². The molecule has 0 aliphatic carbocycles. The predicted molar refractivity (Wildman–Crippen MR) is 142 cm³/mol. The van der Waals surface area contributed by atoms with E-state index in [9.17, 15) is 10.1 Å². The molecule has 1 unspecified atom stereocenters. The Morgan fingerprint density at radius 1 is 1.03 bits per heavy atom. The third-order valence-corrected chi connectivity index (χ3v) is 7.08. The van der Waals surface area contributed by atoms with Gasteiger partial charge in [-0.25, -0.2) is 4.79 Å². The third-order valence-electron chi connectivity index (χ3n) is 7.08. The second-order valence-electron chi connectivity index (χ2n) is 9.82. The van der Waals surface area contributed by atoms with E-state index >= 15 is 0 Å². The first-order valence-electron chi connectivity index (χ1n) is 12.2. The molecule has 6 nitrogen and oxygen atoms in total. The molecule has 0 saturated carbocycles. The van der Waals surface area contributed by atoms with Crippen LogP contribution < -0.4 is 15.2 Å². The second-order valence-corrected chi connectivity index (χ2v) is 9.82. The fraction of sp³-hybridized carbons (Fsp3) is 0.226. The molecule has 3 aromatic carbocycles. The Balaban J connectivity index is 1.48. The molecule has 6 heteroatoms. The summed E-state index contributed by atoms with van der Waals surface area (Å²) in [5.41, 5.74) is 13.0. The highest BCUT2D eigenvalue weighted by atomic mass is 16.5. The van der Waals surface area contributed by atoms with Crippen molar-refractivity contribution in [3.63, 3.8) is 0 Å². The molecule has 5 rings (SSSR count). The second kappa shape index (κ2) is 9.18. The summed E-state index contributed by atoms with van der Waals surface area (Å²) in [5, 5.41) is 10.7. The van der Waals surface area contributed by atoms with Gasteiger partial charge in [-0.05, 0) is 67.1 Å². The average Bonchev–Trinajstić information content (AvgIpc) is 3.18. The lowest BCUT2D eigenvalue weighted by Crippen LogP contribution is -2.21. The van der Waals surface area contributed by atoms with Crippen LogP contribution in [0.1, 0.15) is 69.6 Å². The highest BCUT2D eigenvalue weighted by Gasteiger charge is 2.31. The summed E-state index contributed by atoms with van der Waals surface area (Å²) >= 11 is 0. The quantitative estimate of drug-likeness (QED) is 0.245. The van der Waals surface area contributed by atoms with Gasteiger partial charge in [0.2, 0.25) is 11.6 Å². The summed E-state index contributed by atoms with van der Waals surface area (Å²) in [4.78, 5) is 13.0. The molecular weight excluding hydrogens is 464 g/mol. The molecule has 0 spiro atoms. The van der Waals surface area contributed by atoms with E-state index in [1.165, 1.54) is 5.56 Å². The number of fused-ring (bicyclic) bond motifs is 2. The maximum absolute atomic E-state index is 13.0. The average molecular weight is 493 g/mol. The largest absolute Gasteiger partial charge is 0.449 e. The molecule has 186 valence electrons. The lowest BCUT2D eigenvalue weighted by Gasteiger charge is -2.27. The van der Waals surface area contributed by atoms with Crippen molar-refractivity contribution in [3.05, 3.63) is 105 Å². The van der Waals surface area contributed by atoms with Crippen LogP contribution in [0.15, 0.2) is 70.5 Å². The molecule has 1 aromatic heterocycles. The molecule has 0 saturated heterocycles. The molecule has 0 fully saturated rings. The number of esters is 1. The zero-order valence-electron chi connectivity index (χ0n) is 21.5. The third kappa shape index (κ3) is 4.23. The minimum absolute atomic E-state index is 0.0373. The molecule has 37 heavy (non-hydrogen) atoms. The van der Waals surface area contributed by atoms with Gasteiger partial charge in [-0.2, -0.15) is 5.26 Å². The van der Waals surface area contributed by atoms with Crippen molar-refractivity contribution < 1.29 is 18.7 Å². The van der Waals surface area contributed by atoms with E-state index in [0.29, 0.717) is 22.8 Å². The van der Waals surface area contributed by atoms with Crippen molar-refractivity contribution in [2.75, 3.05) is 0 Å². The van der Waals surface area contributed by atoms with E-state index in [4.69, 9.17) is 19.6 Å². The van der Waals surface area contributed by atoms with Gasteiger partial charge in [-0.15, -0.1) is 0 Å². The number of carbonyl (C=O) groups excluding carboxylic acids is 1. The highest BCUT2D eigenvalue weighted by molar-refractivity contribution is 5.97. The lowest BCUT2D eigenvalue weighted by atomic mass is 9.83. The van der Waals surface area contributed by atoms with Crippen molar-refractivity contribution >= 4 is 16.9 Å². The number of nitrogens with two attached hydrogens (primary N) is 1. The van der Waals surface area contributed by atoms with Crippen LogP contribution >= 0.6 is 0 Å². The van der Waals surface area contributed by atoms with Crippen molar-refractivity contribution in [2.24, 2.45) is 5.73 Å². The fourth-order valence-corrected chi connectivity index (χ4v) is 4.74. The summed E-state index contributed by atoms with van der Waals surface area (Å²) in [6, 6.07) is 19.4. The number of nitriles is 1. The first kappa shape index (κ1) is 24.2. The van der Waals surface area contributed by atoms with E-state index in [0.717, 1.165) is 33.2 Å². The number of rotatable bonds is 4. The molecule has 0 amide bonds. The Bertz CT molecular complexity index is 1620. The van der Waals surface area contributed by atoms with Crippen LogP contribution in [-0.4, -0.2) is 5.97 Å². The fourth-order valence-electron chi connectivity index (χ4n) is 4.74. The minimum atomic E-state index is -0.596. The normalized spacial score (nSPS) is 14.9. The maximum atomic E-state index is 13.0. The van der Waals surface area contributed by atoms with Crippen LogP contribution in [0.5, 0.6) is 11.5 Å². The van der Waals surface area contributed by atoms with Gasteiger partial charge in [0.05, 0.1) is 5.92 Å². The van der Waals surface area contributed by atoms with E-state index in [1.54, 1.807) is 18.2 Å². The summed E-state index contributed by atoms with van der Waals surface area (Å²) in [5.74, 6) is 0.340. The van der Waals surface area contributed by atoms with Crippen LogP contribution in [0.2, 0.25) is 0 Å². The van der Waals surface area contributed by atoms with Crippen molar-refractivity contribution in [3.8, 4) is 17.6 Å². The standard InChI is InChI=1S/C31H28N2O4/c1-16(2)20-6-8-21(9-7-20)28-23-11-10-22(14-27(23)37-30(33)25(28)15-32)35-31(34)29-19(5)24-12-17(3)18(4)13-26(24)36-29/h6-14,16,28H,33H2,1-5H3. The summed E-state index contributed by atoms with van der Waals surface area (Å²) in [6.07, 6.45) is 0. The number of allylic oxidation sites excluding steroid dienone is 1. The Kier molecular flexibility index (Phi) is 6.01. The number of hydrogen-bond donors (Lipinski definition) is 1. The van der Waals surface area contributed by atoms with Crippen molar-refractivity contribution in [1.29, 1.82) is 5.26 Å². The summed E-state index contributed by atoms with van der Waals surface area (Å²) < 4.78 is 17.3. The van der Waals surface area contributed by atoms with Crippen LogP contribution in [0.3, 0.4) is 0 Å². The molecule has 2 N–H and O–H groups in total. The number of hydrogen-bond acceptors (Lipinski definition) is 6. The Morgan fingerprint density at radius 2 is 1.73 bits per heavy atom. The van der Waals surface area contributed by atoms with Crippen LogP contribution in [0.25, 0.3) is 11.0 Å². The molecule has 4 aromatic rings. The van der Waals surface area contributed by atoms with Crippen LogP contribution in [0, 0.1) is 32.1 Å². The zero-order valence-corrected chi connectivity index (χ0v) is 21.5. The summed E-state index contributed by atoms with van der Waals surface area (Å²) in [6.45, 7) is 10.1. The zero-order chi connectivity index (χ0) is 26.4. The Hall–Kier alpha value is -4.50. The van der Waals surface area contributed by atoms with E-state index in [-0.39, 0.29) is 23.3 Å². The number of furan rings is 1. The molecular formula is C31H28N2O4. The van der Waals surface area contributed by atoms with Gasteiger partial charge < -0.3 is 19.6 Å². The molecule has 1 aliphatic heterocycles. The molecule has 0 bridgehead atoms.